The van der Waals surface area contributed by atoms with Crippen LogP contribution < -0.4 is 0 Å². The molecule has 0 aromatic heterocycles. The summed E-state index contributed by atoms with van der Waals surface area (Å²) in [7, 11) is 0. The maximum atomic E-state index is 12.9. The first kappa shape index (κ1) is 78.1. The van der Waals surface area contributed by atoms with E-state index in [4.69, 9.17) is 14.2 Å². The van der Waals surface area contributed by atoms with Crippen LogP contribution in [-0.4, -0.2) is 37.2 Å². The Labute approximate surface area is 504 Å². The summed E-state index contributed by atoms with van der Waals surface area (Å²) in [6.45, 7) is 6.56. The van der Waals surface area contributed by atoms with Gasteiger partial charge in [-0.25, -0.2) is 0 Å². The van der Waals surface area contributed by atoms with Gasteiger partial charge < -0.3 is 14.2 Å². The number of ether oxygens (including phenoxy) is 3. The van der Waals surface area contributed by atoms with Crippen LogP contribution >= 0.6 is 0 Å². The van der Waals surface area contributed by atoms with Crippen LogP contribution in [0.1, 0.15) is 380 Å². The molecule has 6 heteroatoms. The Morgan fingerprint density at radius 2 is 0.481 bits per heavy atom. The molecule has 0 aliphatic carbocycles. The van der Waals surface area contributed by atoms with E-state index in [9.17, 15) is 14.4 Å². The number of carbonyl (C=O) groups is 3. The Hall–Kier alpha value is -2.89. The van der Waals surface area contributed by atoms with Crippen LogP contribution in [0, 0.1) is 0 Å². The van der Waals surface area contributed by atoms with Gasteiger partial charge in [0.15, 0.2) is 6.10 Å². The molecule has 0 spiro atoms. The highest BCUT2D eigenvalue weighted by Crippen LogP contribution is 2.18. The lowest BCUT2D eigenvalue weighted by Crippen LogP contribution is -2.30. The Morgan fingerprint density at radius 1 is 0.259 bits per heavy atom. The summed E-state index contributed by atoms with van der Waals surface area (Å²) < 4.78 is 17.0. The summed E-state index contributed by atoms with van der Waals surface area (Å²) in [6.07, 6.45) is 89.8. The van der Waals surface area contributed by atoms with Crippen LogP contribution in [-0.2, 0) is 28.6 Å². The van der Waals surface area contributed by atoms with E-state index < -0.39 is 6.10 Å². The summed E-state index contributed by atoms with van der Waals surface area (Å²) in [6, 6.07) is 0. The number of carbonyl (C=O) groups excluding carboxylic acids is 3. The van der Waals surface area contributed by atoms with Gasteiger partial charge in [-0.1, -0.05) is 338 Å². The van der Waals surface area contributed by atoms with Crippen molar-refractivity contribution in [2.75, 3.05) is 13.2 Å². The topological polar surface area (TPSA) is 78.9 Å². The van der Waals surface area contributed by atoms with E-state index >= 15 is 0 Å². The van der Waals surface area contributed by atoms with Gasteiger partial charge in [0.1, 0.15) is 13.2 Å². The maximum absolute atomic E-state index is 12.9. The van der Waals surface area contributed by atoms with Crippen molar-refractivity contribution < 1.29 is 28.6 Å². The van der Waals surface area contributed by atoms with Gasteiger partial charge >= 0.3 is 17.9 Å². The lowest BCUT2D eigenvalue weighted by molar-refractivity contribution is -0.167. The highest BCUT2D eigenvalue weighted by Gasteiger charge is 2.19. The standard InChI is InChI=1S/C75H136O6/c1-4-7-10-13-16-19-22-25-27-29-31-33-34-35-36-37-38-39-40-42-43-45-47-50-53-56-59-62-65-68-74(77)80-71-72(70-79-73(76)67-64-61-58-55-52-49-24-21-18-15-12-9-6-3)81-75(78)69-66-63-60-57-54-51-48-46-44-41-32-30-28-26-23-20-17-14-11-8-5-2/h8,11,17,20-21,24,26,28,32,41,72H,4-7,9-10,12-16,18-19,22-23,25,27,29-31,33-40,42-71H2,1-3H3/b11-8-,20-17-,24-21-,28-26-,41-32-. The maximum Gasteiger partial charge on any atom is 0.306 e. The third-order valence-electron chi connectivity index (χ3n) is 16.0. The molecule has 0 saturated carbocycles. The molecule has 472 valence electrons. The summed E-state index contributed by atoms with van der Waals surface area (Å²) in [5.74, 6) is -0.871. The molecule has 0 rings (SSSR count). The number of esters is 3. The molecule has 0 aliphatic heterocycles. The third kappa shape index (κ3) is 67.8. The number of unbranched alkanes of at least 4 members (excludes halogenated alkanes) is 45. The summed E-state index contributed by atoms with van der Waals surface area (Å²) in [5, 5.41) is 0. The average molecular weight is 1130 g/mol. The zero-order valence-electron chi connectivity index (χ0n) is 54.3. The molecular weight excluding hydrogens is 997 g/mol. The van der Waals surface area contributed by atoms with Crippen LogP contribution in [0.25, 0.3) is 0 Å². The van der Waals surface area contributed by atoms with Gasteiger partial charge in [-0.05, 0) is 83.5 Å². The molecule has 0 aliphatic rings. The molecule has 0 amide bonds. The molecule has 0 saturated heterocycles. The van der Waals surface area contributed by atoms with Gasteiger partial charge in [0.05, 0.1) is 0 Å². The van der Waals surface area contributed by atoms with E-state index in [1.165, 1.54) is 244 Å². The largest absolute Gasteiger partial charge is 0.462 e. The van der Waals surface area contributed by atoms with Gasteiger partial charge in [-0.15, -0.1) is 0 Å². The second kappa shape index (κ2) is 69.6. The molecule has 0 N–H and O–H groups in total. The number of hydrogen-bond acceptors (Lipinski definition) is 6. The molecular formula is C75H136O6. The highest BCUT2D eigenvalue weighted by molar-refractivity contribution is 5.71. The molecule has 1 atom stereocenters. The zero-order valence-corrected chi connectivity index (χ0v) is 54.3. The van der Waals surface area contributed by atoms with Gasteiger partial charge in [0, 0.05) is 19.3 Å². The van der Waals surface area contributed by atoms with E-state index in [0.29, 0.717) is 19.3 Å². The third-order valence-corrected chi connectivity index (χ3v) is 16.0. The van der Waals surface area contributed by atoms with E-state index in [1.54, 1.807) is 0 Å². The minimum absolute atomic E-state index is 0.0765. The van der Waals surface area contributed by atoms with Gasteiger partial charge in [0.25, 0.3) is 0 Å². The van der Waals surface area contributed by atoms with Crippen molar-refractivity contribution in [3.05, 3.63) is 60.8 Å². The first-order chi connectivity index (χ1) is 40.0. The van der Waals surface area contributed by atoms with E-state index in [2.05, 4.69) is 81.5 Å². The summed E-state index contributed by atoms with van der Waals surface area (Å²) in [5.41, 5.74) is 0. The molecule has 0 heterocycles. The fourth-order valence-electron chi connectivity index (χ4n) is 10.7. The van der Waals surface area contributed by atoms with Crippen LogP contribution in [0.5, 0.6) is 0 Å². The molecule has 0 aromatic carbocycles. The van der Waals surface area contributed by atoms with E-state index in [1.807, 2.05) is 0 Å². The number of hydrogen-bond donors (Lipinski definition) is 0. The Balaban J connectivity index is 4.21. The predicted molar refractivity (Wildman–Crippen MR) is 353 cm³/mol. The SMILES string of the molecule is CC/C=C\C/C=C\C/C=C\C/C=C\CCCCCCCCCCC(=O)OC(COC(=O)CCCCCCC/C=C\CCCCCC)COC(=O)CCCCCCCCCCCCCCCCCCCCCCCCCCCCCCC. The van der Waals surface area contributed by atoms with Crippen LogP contribution in [0.15, 0.2) is 60.8 Å². The first-order valence-corrected chi connectivity index (χ1v) is 35.8. The Morgan fingerprint density at radius 3 is 0.778 bits per heavy atom. The Bertz CT molecular complexity index is 1440. The predicted octanol–water partition coefficient (Wildman–Crippen LogP) is 24.7. The van der Waals surface area contributed by atoms with Crippen molar-refractivity contribution in [3.8, 4) is 0 Å². The lowest BCUT2D eigenvalue weighted by Gasteiger charge is -2.18. The minimum atomic E-state index is -0.782. The van der Waals surface area contributed by atoms with Crippen molar-refractivity contribution in [3.63, 3.8) is 0 Å². The average Bonchev–Trinajstić information content (AvgIpc) is 3.46. The van der Waals surface area contributed by atoms with Gasteiger partial charge in [-0.2, -0.15) is 0 Å². The molecule has 81 heavy (non-hydrogen) atoms. The minimum Gasteiger partial charge on any atom is -0.462 e. The molecule has 0 fully saturated rings. The second-order valence-corrected chi connectivity index (χ2v) is 24.1. The van der Waals surface area contributed by atoms with Crippen molar-refractivity contribution >= 4 is 17.9 Å². The lowest BCUT2D eigenvalue weighted by atomic mass is 10.0. The van der Waals surface area contributed by atoms with E-state index in [-0.39, 0.29) is 31.1 Å². The quantitative estimate of drug-likeness (QED) is 0.0261. The first-order valence-electron chi connectivity index (χ1n) is 35.8. The van der Waals surface area contributed by atoms with Crippen molar-refractivity contribution in [1.29, 1.82) is 0 Å². The van der Waals surface area contributed by atoms with Gasteiger partial charge in [0.2, 0.25) is 0 Å². The van der Waals surface area contributed by atoms with Crippen LogP contribution in [0.4, 0.5) is 0 Å². The van der Waals surface area contributed by atoms with Crippen LogP contribution in [0.2, 0.25) is 0 Å². The molecule has 1 unspecified atom stereocenters. The molecule has 0 aromatic rings. The molecule has 0 radical (unpaired) electrons. The second-order valence-electron chi connectivity index (χ2n) is 24.1. The molecule has 0 bridgehead atoms. The summed E-state index contributed by atoms with van der Waals surface area (Å²) >= 11 is 0. The van der Waals surface area contributed by atoms with Crippen LogP contribution in [0.3, 0.4) is 0 Å². The fraction of sp³-hybridized carbons (Fsp3) is 0.827. The van der Waals surface area contributed by atoms with E-state index in [0.717, 1.165) is 96.3 Å². The fourth-order valence-corrected chi connectivity index (χ4v) is 10.7. The highest BCUT2D eigenvalue weighted by atomic mass is 16.6. The molecule has 6 nitrogen and oxygen atoms in total. The normalized spacial score (nSPS) is 12.4. The number of rotatable bonds is 66. The zero-order chi connectivity index (χ0) is 58.5. The monoisotopic (exact) mass is 1130 g/mol. The van der Waals surface area contributed by atoms with Crippen molar-refractivity contribution in [1.82, 2.24) is 0 Å². The van der Waals surface area contributed by atoms with Gasteiger partial charge in [-0.3, -0.25) is 14.4 Å². The Kier molecular flexibility index (Phi) is 67.1. The smallest absolute Gasteiger partial charge is 0.306 e. The van der Waals surface area contributed by atoms with Crippen molar-refractivity contribution in [2.24, 2.45) is 0 Å². The number of allylic oxidation sites excluding steroid dienone is 10. The summed E-state index contributed by atoms with van der Waals surface area (Å²) in [4.78, 5) is 38.4. The van der Waals surface area contributed by atoms with Crippen molar-refractivity contribution in [2.45, 2.75) is 386 Å².